The van der Waals surface area contributed by atoms with E-state index in [0.29, 0.717) is 51.7 Å². The second-order valence-electron chi connectivity index (χ2n) is 13.9. The van der Waals surface area contributed by atoms with Crippen LogP contribution >= 0.6 is 8.60 Å². The highest BCUT2D eigenvalue weighted by molar-refractivity contribution is 7.43. The normalized spacial score (nSPS) is 12.0. The summed E-state index contributed by atoms with van der Waals surface area (Å²) in [4.78, 5) is 0. The van der Waals surface area contributed by atoms with Crippen molar-refractivity contribution in [3.8, 4) is 51.7 Å². The van der Waals surface area contributed by atoms with E-state index in [1.165, 1.54) is 0 Å². The van der Waals surface area contributed by atoms with Crippen molar-refractivity contribution in [2.75, 3.05) is 42.7 Å². The van der Waals surface area contributed by atoms with Crippen molar-refractivity contribution < 1.29 is 42.0 Å². The molecule has 3 rings (SSSR count). The van der Waals surface area contributed by atoms with Gasteiger partial charge >= 0.3 is 8.60 Å². The van der Waals surface area contributed by atoms with E-state index >= 15 is 0 Å². The van der Waals surface area contributed by atoms with Crippen molar-refractivity contribution >= 4 is 8.60 Å². The van der Waals surface area contributed by atoms with Crippen LogP contribution in [-0.4, -0.2) is 42.7 Å². The SMILES string of the molecule is COc1cc(OP(Oc2cc(OC)c(OC)cc2C(C)(C)C)Oc2cc(OC)c(OC)cc2C(C)(C)C)c(C(C)(C)C)cc1OC. The van der Waals surface area contributed by atoms with Crippen molar-refractivity contribution in [2.45, 2.75) is 78.6 Å². The van der Waals surface area contributed by atoms with Gasteiger partial charge in [0.15, 0.2) is 34.5 Å². The molecule has 0 saturated heterocycles. The molecule has 0 spiro atoms. The van der Waals surface area contributed by atoms with E-state index in [-0.39, 0.29) is 16.2 Å². The molecule has 0 amide bonds. The topological polar surface area (TPSA) is 83.1 Å². The molecule has 0 aromatic heterocycles. The van der Waals surface area contributed by atoms with E-state index in [9.17, 15) is 0 Å². The summed E-state index contributed by atoms with van der Waals surface area (Å²) < 4.78 is 54.2. The third-order valence-corrected chi connectivity index (χ3v) is 8.44. The molecule has 254 valence electrons. The molecule has 9 nitrogen and oxygen atoms in total. The molecule has 3 aromatic carbocycles. The zero-order chi connectivity index (χ0) is 34.6. The predicted molar refractivity (Wildman–Crippen MR) is 184 cm³/mol. The van der Waals surface area contributed by atoms with E-state index < -0.39 is 8.60 Å². The van der Waals surface area contributed by atoms with Crippen LogP contribution in [0.15, 0.2) is 36.4 Å². The summed E-state index contributed by atoms with van der Waals surface area (Å²) >= 11 is 0. The molecule has 0 fully saturated rings. The van der Waals surface area contributed by atoms with Crippen molar-refractivity contribution in [1.82, 2.24) is 0 Å². The van der Waals surface area contributed by atoms with E-state index in [4.69, 9.17) is 42.0 Å². The van der Waals surface area contributed by atoms with Gasteiger partial charge in [-0.1, -0.05) is 62.3 Å². The van der Waals surface area contributed by atoms with Crippen LogP contribution in [0.2, 0.25) is 0 Å². The molecule has 46 heavy (non-hydrogen) atoms. The molecule has 0 N–H and O–H groups in total. The smallest absolute Gasteiger partial charge is 0.493 e. The first-order chi connectivity index (χ1) is 21.4. The van der Waals surface area contributed by atoms with Gasteiger partial charge in [-0.25, -0.2) is 0 Å². The molecule has 0 atom stereocenters. The minimum atomic E-state index is -2.16. The van der Waals surface area contributed by atoms with Crippen LogP contribution < -0.4 is 42.0 Å². The molecule has 0 bridgehead atoms. The third-order valence-electron chi connectivity index (χ3n) is 7.40. The number of methoxy groups -OCH3 is 6. The fraction of sp³-hybridized carbons (Fsp3) is 0.500. The number of ether oxygens (including phenoxy) is 6. The minimum Gasteiger partial charge on any atom is -0.493 e. The molecular weight excluding hydrogens is 607 g/mol. The molecule has 0 heterocycles. The van der Waals surface area contributed by atoms with Gasteiger partial charge in [0.1, 0.15) is 17.2 Å². The first-order valence-electron chi connectivity index (χ1n) is 15.0. The highest BCUT2D eigenvalue weighted by Crippen LogP contribution is 2.53. The lowest BCUT2D eigenvalue weighted by molar-refractivity contribution is 0.338. The molecular formula is C36H51O9P. The van der Waals surface area contributed by atoms with Gasteiger partial charge < -0.3 is 42.0 Å². The van der Waals surface area contributed by atoms with Crippen molar-refractivity contribution in [1.29, 1.82) is 0 Å². The molecule has 0 unspecified atom stereocenters. The molecule has 3 aromatic rings. The van der Waals surface area contributed by atoms with Crippen LogP contribution in [0.25, 0.3) is 0 Å². The Bertz CT molecular complexity index is 1320. The van der Waals surface area contributed by atoms with Gasteiger partial charge in [0, 0.05) is 34.9 Å². The van der Waals surface area contributed by atoms with Gasteiger partial charge in [-0.15, -0.1) is 0 Å². The van der Waals surface area contributed by atoms with Crippen molar-refractivity contribution in [2.24, 2.45) is 0 Å². The van der Waals surface area contributed by atoms with E-state index in [0.717, 1.165) is 16.7 Å². The summed E-state index contributed by atoms with van der Waals surface area (Å²) in [6.07, 6.45) is 0. The molecule has 0 aliphatic rings. The molecule has 0 radical (unpaired) electrons. The van der Waals surface area contributed by atoms with Crippen LogP contribution in [0, 0.1) is 0 Å². The Hall–Kier alpha value is -3.71. The van der Waals surface area contributed by atoms with E-state index in [2.05, 4.69) is 62.3 Å². The van der Waals surface area contributed by atoms with Crippen LogP contribution in [-0.2, 0) is 16.2 Å². The van der Waals surface area contributed by atoms with Gasteiger partial charge in [0.25, 0.3) is 0 Å². The first-order valence-corrected chi connectivity index (χ1v) is 16.1. The third kappa shape index (κ3) is 8.35. The van der Waals surface area contributed by atoms with Crippen LogP contribution in [0.3, 0.4) is 0 Å². The standard InChI is InChI=1S/C36H51O9P/c1-34(2,3)22-16-28(37-10)31(40-13)19-25(22)43-46(44-26-20-32(41-14)29(38-11)17-23(26)35(4,5)6)45-27-21-33(42-15)30(39-12)18-24(27)36(7,8)9/h16-21H,1-15H3. The largest absolute Gasteiger partial charge is 0.530 e. The Morgan fingerprint density at radius 1 is 0.326 bits per heavy atom. The highest BCUT2D eigenvalue weighted by Gasteiger charge is 2.33. The molecule has 10 heteroatoms. The second-order valence-corrected chi connectivity index (χ2v) is 14.9. The lowest BCUT2D eigenvalue weighted by atomic mass is 9.86. The lowest BCUT2D eigenvalue weighted by Crippen LogP contribution is -2.17. The molecule has 0 saturated carbocycles. The highest BCUT2D eigenvalue weighted by atomic mass is 31.2. The van der Waals surface area contributed by atoms with E-state index in [1.807, 2.05) is 18.2 Å². The quantitative estimate of drug-likeness (QED) is 0.177. The summed E-state index contributed by atoms with van der Waals surface area (Å²) in [5.41, 5.74) is 1.69. The maximum atomic E-state index is 6.76. The predicted octanol–water partition coefficient (Wildman–Crippen LogP) is 9.39. The summed E-state index contributed by atoms with van der Waals surface area (Å²) in [5.74, 6) is 4.93. The fourth-order valence-corrected chi connectivity index (χ4v) is 5.91. The number of rotatable bonds is 12. The average Bonchev–Trinajstić information content (AvgIpc) is 2.98. The van der Waals surface area contributed by atoms with Crippen LogP contribution in [0.4, 0.5) is 0 Å². The second kappa shape index (κ2) is 14.4. The zero-order valence-corrected chi connectivity index (χ0v) is 31.0. The van der Waals surface area contributed by atoms with Gasteiger partial charge in [0.2, 0.25) is 0 Å². The summed E-state index contributed by atoms with van der Waals surface area (Å²) in [7, 11) is 7.44. The van der Waals surface area contributed by atoms with Gasteiger partial charge in [0.05, 0.1) is 42.7 Å². The maximum absolute atomic E-state index is 6.76. The Labute approximate surface area is 276 Å². The zero-order valence-electron chi connectivity index (χ0n) is 30.1. The fourth-order valence-electron chi connectivity index (χ4n) is 4.86. The number of hydrogen-bond donors (Lipinski definition) is 0. The Balaban J connectivity index is 2.31. The average molecular weight is 659 g/mol. The van der Waals surface area contributed by atoms with Gasteiger partial charge in [-0.3, -0.25) is 0 Å². The first kappa shape index (κ1) is 36.8. The van der Waals surface area contributed by atoms with E-state index in [1.54, 1.807) is 60.9 Å². The van der Waals surface area contributed by atoms with Crippen LogP contribution in [0.5, 0.6) is 51.7 Å². The Kier molecular flexibility index (Phi) is 11.5. The molecule has 0 aliphatic heterocycles. The maximum Gasteiger partial charge on any atom is 0.530 e. The lowest BCUT2D eigenvalue weighted by Gasteiger charge is -2.30. The number of benzene rings is 3. The minimum absolute atomic E-state index is 0.324. The number of hydrogen-bond acceptors (Lipinski definition) is 9. The summed E-state index contributed by atoms with van der Waals surface area (Å²) in [5, 5.41) is 0. The van der Waals surface area contributed by atoms with Crippen molar-refractivity contribution in [3.05, 3.63) is 53.1 Å². The summed E-state index contributed by atoms with van der Waals surface area (Å²) in [6, 6.07) is 11.2. The molecule has 0 aliphatic carbocycles. The Morgan fingerprint density at radius 3 is 0.696 bits per heavy atom. The van der Waals surface area contributed by atoms with Gasteiger partial charge in [-0.2, -0.15) is 0 Å². The van der Waals surface area contributed by atoms with Gasteiger partial charge in [-0.05, 0) is 34.4 Å². The van der Waals surface area contributed by atoms with Crippen molar-refractivity contribution in [3.63, 3.8) is 0 Å². The summed E-state index contributed by atoms with van der Waals surface area (Å²) in [6.45, 7) is 18.9. The van der Waals surface area contributed by atoms with Crippen LogP contribution in [0.1, 0.15) is 79.0 Å². The Morgan fingerprint density at radius 2 is 0.522 bits per heavy atom. The monoisotopic (exact) mass is 658 g/mol.